The zero-order valence-electron chi connectivity index (χ0n) is 17.5. The minimum absolute atomic E-state index is 0.102. The molecule has 0 spiro atoms. The number of hydrogen-bond donors (Lipinski definition) is 1. The molecule has 0 atom stereocenters. The lowest BCUT2D eigenvalue weighted by Crippen LogP contribution is -2.13. The van der Waals surface area contributed by atoms with Gasteiger partial charge in [-0.25, -0.2) is 4.98 Å². The maximum absolute atomic E-state index is 13.0. The molecule has 5 nitrogen and oxygen atoms in total. The van der Waals surface area contributed by atoms with Crippen LogP contribution in [0, 0.1) is 11.3 Å². The van der Waals surface area contributed by atoms with Crippen LogP contribution in [0.4, 0.5) is 18.3 Å². The molecule has 0 aliphatic rings. The molecule has 1 N–H and O–H groups in total. The first kappa shape index (κ1) is 25.0. The van der Waals surface area contributed by atoms with E-state index in [1.807, 2.05) is 6.07 Å². The lowest BCUT2D eigenvalue weighted by Gasteiger charge is -2.09. The van der Waals surface area contributed by atoms with Crippen LogP contribution in [0.2, 0.25) is 5.02 Å². The van der Waals surface area contributed by atoms with E-state index < -0.39 is 17.6 Å². The number of halogens is 4. The number of rotatable bonds is 8. The van der Waals surface area contributed by atoms with Gasteiger partial charge >= 0.3 is 6.18 Å². The van der Waals surface area contributed by atoms with E-state index in [2.05, 4.69) is 16.9 Å². The molecule has 1 heterocycles. The highest BCUT2D eigenvalue weighted by atomic mass is 35.5. The molecule has 10 heteroatoms. The Hall–Kier alpha value is -3.61. The normalized spacial score (nSPS) is 11.6. The number of nitriles is 1. The van der Waals surface area contributed by atoms with E-state index in [0.29, 0.717) is 16.2 Å². The van der Waals surface area contributed by atoms with Crippen LogP contribution in [0.25, 0.3) is 6.08 Å². The van der Waals surface area contributed by atoms with Crippen LogP contribution in [0.3, 0.4) is 0 Å². The number of carbonyl (C=O) groups excluding carboxylic acids is 1. The summed E-state index contributed by atoms with van der Waals surface area (Å²) in [5.41, 5.74) is -0.153. The van der Waals surface area contributed by atoms with Gasteiger partial charge in [-0.1, -0.05) is 42.5 Å². The Labute approximate surface area is 202 Å². The molecule has 0 saturated heterocycles. The number of thiazole rings is 1. The largest absolute Gasteiger partial charge is 0.489 e. The van der Waals surface area contributed by atoms with Crippen LogP contribution in [0.15, 0.2) is 66.9 Å². The van der Waals surface area contributed by atoms with Gasteiger partial charge in [0.2, 0.25) is 0 Å². The molecule has 0 aliphatic carbocycles. The van der Waals surface area contributed by atoms with Crippen LogP contribution in [0.1, 0.15) is 21.6 Å². The molecule has 0 unspecified atom stereocenters. The summed E-state index contributed by atoms with van der Waals surface area (Å²) in [4.78, 5) is 17.3. The van der Waals surface area contributed by atoms with E-state index in [4.69, 9.17) is 16.3 Å². The van der Waals surface area contributed by atoms with Gasteiger partial charge in [0, 0.05) is 28.1 Å². The van der Waals surface area contributed by atoms with Crippen LogP contribution in [0.5, 0.6) is 5.75 Å². The molecule has 174 valence electrons. The third-order valence-electron chi connectivity index (χ3n) is 4.45. The Morgan fingerprint density at radius 1 is 1.29 bits per heavy atom. The molecule has 34 heavy (non-hydrogen) atoms. The molecule has 0 aliphatic heterocycles. The summed E-state index contributed by atoms with van der Waals surface area (Å²) in [5.74, 6) is -0.198. The fourth-order valence-corrected chi connectivity index (χ4v) is 3.88. The zero-order valence-corrected chi connectivity index (χ0v) is 19.1. The van der Waals surface area contributed by atoms with Gasteiger partial charge in [-0.3, -0.25) is 10.1 Å². The maximum atomic E-state index is 13.0. The fourth-order valence-electron chi connectivity index (χ4n) is 2.87. The lowest BCUT2D eigenvalue weighted by molar-refractivity contribution is -0.137. The molecule has 0 radical (unpaired) electrons. The Morgan fingerprint density at radius 2 is 2.06 bits per heavy atom. The van der Waals surface area contributed by atoms with E-state index in [1.165, 1.54) is 18.3 Å². The van der Waals surface area contributed by atoms with E-state index >= 15 is 0 Å². The molecule has 1 aromatic heterocycles. The predicted octanol–water partition coefficient (Wildman–Crippen LogP) is 6.52. The third-order valence-corrected chi connectivity index (χ3v) is 5.73. The minimum atomic E-state index is -4.48. The van der Waals surface area contributed by atoms with Crippen LogP contribution >= 0.6 is 22.9 Å². The Balaban J connectivity index is 1.75. The monoisotopic (exact) mass is 503 g/mol. The van der Waals surface area contributed by atoms with Crippen molar-refractivity contribution in [3.05, 3.63) is 93.5 Å². The number of nitrogens with zero attached hydrogens (tertiary/aromatic N) is 2. The van der Waals surface area contributed by atoms with Gasteiger partial charge in [0.1, 0.15) is 24.0 Å². The number of aromatic nitrogens is 1. The number of anilines is 1. The second-order valence-corrected chi connectivity index (χ2v) is 8.40. The molecular formula is C24H17ClF3N3O2S. The van der Waals surface area contributed by atoms with Gasteiger partial charge in [0.15, 0.2) is 5.13 Å². The van der Waals surface area contributed by atoms with Crippen molar-refractivity contribution in [3.63, 3.8) is 0 Å². The van der Waals surface area contributed by atoms with Crippen molar-refractivity contribution in [1.29, 1.82) is 5.26 Å². The highest BCUT2D eigenvalue weighted by Crippen LogP contribution is 2.33. The summed E-state index contributed by atoms with van der Waals surface area (Å²) in [5, 5.41) is 12.4. The Morgan fingerprint density at radius 3 is 2.76 bits per heavy atom. The smallest absolute Gasteiger partial charge is 0.416 e. The number of carbonyl (C=O) groups is 1. The average Bonchev–Trinajstić information content (AvgIpc) is 3.23. The number of alkyl halides is 3. The van der Waals surface area contributed by atoms with Crippen molar-refractivity contribution in [2.75, 3.05) is 11.9 Å². The summed E-state index contributed by atoms with van der Waals surface area (Å²) in [7, 11) is 0. The van der Waals surface area contributed by atoms with Gasteiger partial charge in [-0.05, 0) is 35.9 Å². The maximum Gasteiger partial charge on any atom is 0.416 e. The van der Waals surface area contributed by atoms with Crippen LogP contribution < -0.4 is 10.1 Å². The molecular weight excluding hydrogens is 487 g/mol. The summed E-state index contributed by atoms with van der Waals surface area (Å²) >= 11 is 7.13. The number of benzene rings is 2. The highest BCUT2D eigenvalue weighted by Gasteiger charge is 2.31. The molecule has 0 saturated carbocycles. The van der Waals surface area contributed by atoms with Gasteiger partial charge in [0.25, 0.3) is 5.91 Å². The quantitative estimate of drug-likeness (QED) is 0.216. The number of nitrogens with one attached hydrogen (secondary N) is 1. The van der Waals surface area contributed by atoms with E-state index in [-0.39, 0.29) is 34.3 Å². The second-order valence-electron chi connectivity index (χ2n) is 6.87. The zero-order chi connectivity index (χ0) is 24.7. The van der Waals surface area contributed by atoms with Crippen molar-refractivity contribution >= 4 is 40.1 Å². The van der Waals surface area contributed by atoms with Crippen molar-refractivity contribution in [3.8, 4) is 11.8 Å². The summed E-state index contributed by atoms with van der Waals surface area (Å²) in [6.45, 7) is 3.85. The van der Waals surface area contributed by atoms with Gasteiger partial charge in [-0.2, -0.15) is 18.4 Å². The SMILES string of the molecule is C=CCOc1ccccc1C=C(C#N)C(=O)Nc1ncc(Cc2cc(C(F)(F)F)ccc2Cl)s1. The van der Waals surface area contributed by atoms with Gasteiger partial charge in [0.05, 0.1) is 5.56 Å². The molecule has 0 fully saturated rings. The average molecular weight is 504 g/mol. The predicted molar refractivity (Wildman–Crippen MR) is 126 cm³/mol. The standard InChI is InChI=1S/C24H17ClF3N3O2S/c1-2-9-33-21-6-4-3-5-15(21)10-17(13-29)22(32)31-23-30-14-19(34-23)12-16-11-18(24(26,27)28)7-8-20(16)25/h2-8,10-11,14H,1,9,12H2,(H,30,31,32). The molecule has 0 bridgehead atoms. The number of ether oxygens (including phenoxy) is 1. The number of amides is 1. The molecule has 3 rings (SSSR count). The van der Waals surface area contributed by atoms with E-state index in [0.717, 1.165) is 23.5 Å². The van der Waals surface area contributed by atoms with Gasteiger partial charge in [-0.15, -0.1) is 11.3 Å². The molecule has 1 amide bonds. The number of para-hydroxylation sites is 1. The topological polar surface area (TPSA) is 75.0 Å². The van der Waals surface area contributed by atoms with Crippen molar-refractivity contribution in [2.24, 2.45) is 0 Å². The summed E-state index contributed by atoms with van der Waals surface area (Å²) in [6, 6.07) is 11.9. The lowest BCUT2D eigenvalue weighted by atomic mass is 10.1. The van der Waals surface area contributed by atoms with Crippen molar-refractivity contribution in [2.45, 2.75) is 12.6 Å². The molecule has 3 aromatic rings. The second kappa shape index (κ2) is 11.0. The summed E-state index contributed by atoms with van der Waals surface area (Å²) in [6.07, 6.45) is 0.0214. The van der Waals surface area contributed by atoms with Crippen molar-refractivity contribution in [1.82, 2.24) is 4.98 Å². The first-order valence-corrected chi connectivity index (χ1v) is 11.0. The highest BCUT2D eigenvalue weighted by molar-refractivity contribution is 7.15. The first-order valence-electron chi connectivity index (χ1n) is 9.77. The minimum Gasteiger partial charge on any atom is -0.489 e. The van der Waals surface area contributed by atoms with E-state index in [1.54, 1.807) is 30.3 Å². The number of hydrogen-bond acceptors (Lipinski definition) is 5. The van der Waals surface area contributed by atoms with E-state index in [9.17, 15) is 23.2 Å². The van der Waals surface area contributed by atoms with Crippen LogP contribution in [-0.2, 0) is 17.4 Å². The fraction of sp³-hybridized carbons (Fsp3) is 0.125. The third kappa shape index (κ3) is 6.47. The Bertz CT molecular complexity index is 1280. The Kier molecular flexibility index (Phi) is 8.10. The van der Waals surface area contributed by atoms with Crippen LogP contribution in [-0.4, -0.2) is 17.5 Å². The molecule has 2 aromatic carbocycles. The first-order chi connectivity index (χ1) is 16.2. The summed E-state index contributed by atoms with van der Waals surface area (Å²) < 4.78 is 44.5. The van der Waals surface area contributed by atoms with Gasteiger partial charge < -0.3 is 4.74 Å². The van der Waals surface area contributed by atoms with Crippen molar-refractivity contribution < 1.29 is 22.7 Å².